The van der Waals surface area contributed by atoms with E-state index < -0.39 is 0 Å². The van der Waals surface area contributed by atoms with Crippen LogP contribution < -0.4 is 0 Å². The van der Waals surface area contributed by atoms with E-state index in [-0.39, 0.29) is 0 Å². The lowest BCUT2D eigenvalue weighted by atomic mass is 10.1. The number of fused-ring (bicyclic) bond motifs is 2. The van der Waals surface area contributed by atoms with Gasteiger partial charge < -0.3 is 8.83 Å². The molecule has 5 rings (SSSR count). The van der Waals surface area contributed by atoms with E-state index in [0.717, 1.165) is 46.5 Å². The highest BCUT2D eigenvalue weighted by molar-refractivity contribution is 5.76. The highest BCUT2D eigenvalue weighted by atomic mass is 16.4. The van der Waals surface area contributed by atoms with E-state index in [2.05, 4.69) is 22.1 Å². The van der Waals surface area contributed by atoms with Gasteiger partial charge in [0.1, 0.15) is 11.0 Å². The molecule has 0 aliphatic carbocycles. The van der Waals surface area contributed by atoms with Crippen LogP contribution in [0.25, 0.3) is 33.7 Å². The average molecular weight is 340 g/mol. The molecule has 126 valence electrons. The lowest BCUT2D eigenvalue weighted by molar-refractivity contribution is 0.528. The standard InChI is InChI=1S/C22H16N2O2/c1-3-7-19-17(5-1)23-21(25-19)14-11-15-9-12-16(13-10-15)22-24-18-6-2-4-8-20(18)26-22/h1-10,12-13H,11,14H2. The first kappa shape index (κ1) is 14.9. The molecule has 0 N–H and O–H groups in total. The molecular weight excluding hydrogens is 324 g/mol. The molecule has 4 nitrogen and oxygen atoms in total. The zero-order valence-corrected chi connectivity index (χ0v) is 14.1. The van der Waals surface area contributed by atoms with Gasteiger partial charge in [0.15, 0.2) is 17.1 Å². The number of aromatic nitrogens is 2. The summed E-state index contributed by atoms with van der Waals surface area (Å²) < 4.78 is 11.6. The topological polar surface area (TPSA) is 52.1 Å². The zero-order valence-electron chi connectivity index (χ0n) is 14.1. The molecule has 0 fully saturated rings. The van der Waals surface area contributed by atoms with Crippen LogP contribution in [0, 0.1) is 0 Å². The molecule has 3 aromatic carbocycles. The predicted molar refractivity (Wildman–Crippen MR) is 101 cm³/mol. The second-order valence-electron chi connectivity index (χ2n) is 6.26. The second kappa shape index (κ2) is 6.15. The van der Waals surface area contributed by atoms with E-state index in [1.165, 1.54) is 5.56 Å². The molecule has 0 spiro atoms. The third kappa shape index (κ3) is 2.75. The minimum absolute atomic E-state index is 0.650. The quantitative estimate of drug-likeness (QED) is 0.438. The molecule has 0 saturated carbocycles. The van der Waals surface area contributed by atoms with Crippen LogP contribution in [0.4, 0.5) is 0 Å². The number of oxazole rings is 2. The average Bonchev–Trinajstić information content (AvgIpc) is 3.30. The highest BCUT2D eigenvalue weighted by Gasteiger charge is 2.09. The molecule has 26 heavy (non-hydrogen) atoms. The van der Waals surface area contributed by atoms with Crippen molar-refractivity contribution in [1.29, 1.82) is 0 Å². The maximum absolute atomic E-state index is 5.82. The molecule has 0 aliphatic heterocycles. The maximum atomic E-state index is 5.82. The van der Waals surface area contributed by atoms with Gasteiger partial charge in [-0.1, -0.05) is 36.4 Å². The fraction of sp³-hybridized carbons (Fsp3) is 0.0909. The largest absolute Gasteiger partial charge is 0.441 e. The van der Waals surface area contributed by atoms with E-state index in [4.69, 9.17) is 8.83 Å². The maximum Gasteiger partial charge on any atom is 0.227 e. The third-order valence-electron chi connectivity index (χ3n) is 4.46. The minimum Gasteiger partial charge on any atom is -0.441 e. The Balaban J connectivity index is 1.33. The van der Waals surface area contributed by atoms with E-state index in [1.54, 1.807) is 0 Å². The van der Waals surface area contributed by atoms with Crippen LogP contribution in [0.2, 0.25) is 0 Å². The third-order valence-corrected chi connectivity index (χ3v) is 4.46. The SMILES string of the molecule is c1ccc2oc(CCc3ccc(-c4nc5ccccc5o4)cc3)nc2c1. The first-order valence-electron chi connectivity index (χ1n) is 8.64. The van der Waals surface area contributed by atoms with Crippen LogP contribution >= 0.6 is 0 Å². The normalized spacial score (nSPS) is 11.4. The summed E-state index contributed by atoms with van der Waals surface area (Å²) in [6.45, 7) is 0. The van der Waals surface area contributed by atoms with Gasteiger partial charge >= 0.3 is 0 Å². The van der Waals surface area contributed by atoms with Crippen molar-refractivity contribution in [3.63, 3.8) is 0 Å². The fourth-order valence-corrected chi connectivity index (χ4v) is 3.09. The molecule has 0 radical (unpaired) electrons. The van der Waals surface area contributed by atoms with Gasteiger partial charge in [-0.15, -0.1) is 0 Å². The molecule has 2 heterocycles. The van der Waals surface area contributed by atoms with Crippen molar-refractivity contribution < 1.29 is 8.83 Å². The monoisotopic (exact) mass is 340 g/mol. The highest BCUT2D eigenvalue weighted by Crippen LogP contribution is 2.24. The smallest absolute Gasteiger partial charge is 0.227 e. The number of nitrogens with zero attached hydrogens (tertiary/aromatic N) is 2. The second-order valence-corrected chi connectivity index (χ2v) is 6.26. The van der Waals surface area contributed by atoms with Crippen LogP contribution in [0.3, 0.4) is 0 Å². The summed E-state index contributed by atoms with van der Waals surface area (Å²) >= 11 is 0. The molecule has 0 saturated heterocycles. The van der Waals surface area contributed by atoms with E-state index in [9.17, 15) is 0 Å². The molecule has 0 aliphatic rings. The Kier molecular flexibility index (Phi) is 3.53. The Morgan fingerprint density at radius 3 is 1.96 bits per heavy atom. The molecule has 2 aromatic heterocycles. The summed E-state index contributed by atoms with van der Waals surface area (Å²) in [7, 11) is 0. The summed E-state index contributed by atoms with van der Waals surface area (Å²) in [6.07, 6.45) is 1.65. The molecule has 4 heteroatoms. The summed E-state index contributed by atoms with van der Waals surface area (Å²) in [5, 5.41) is 0. The summed E-state index contributed by atoms with van der Waals surface area (Å²) in [6, 6.07) is 24.0. The molecule has 0 bridgehead atoms. The van der Waals surface area contributed by atoms with Gasteiger partial charge in [-0.25, -0.2) is 9.97 Å². The van der Waals surface area contributed by atoms with Crippen molar-refractivity contribution in [2.45, 2.75) is 12.8 Å². The Morgan fingerprint density at radius 1 is 0.615 bits per heavy atom. The number of hydrogen-bond donors (Lipinski definition) is 0. The Morgan fingerprint density at radius 2 is 1.27 bits per heavy atom. The van der Waals surface area contributed by atoms with E-state index in [1.807, 2.05) is 60.7 Å². The number of benzene rings is 3. The van der Waals surface area contributed by atoms with Gasteiger partial charge in [-0.2, -0.15) is 0 Å². The van der Waals surface area contributed by atoms with Crippen LogP contribution in [-0.4, -0.2) is 9.97 Å². The van der Waals surface area contributed by atoms with Gasteiger partial charge in [0.05, 0.1) is 0 Å². The van der Waals surface area contributed by atoms with E-state index in [0.29, 0.717) is 5.89 Å². The molecular formula is C22H16N2O2. The van der Waals surface area contributed by atoms with Crippen molar-refractivity contribution in [2.24, 2.45) is 0 Å². The summed E-state index contributed by atoms with van der Waals surface area (Å²) in [5.41, 5.74) is 5.65. The van der Waals surface area contributed by atoms with Gasteiger partial charge in [-0.3, -0.25) is 0 Å². The van der Waals surface area contributed by atoms with Crippen molar-refractivity contribution >= 4 is 22.2 Å². The van der Waals surface area contributed by atoms with E-state index >= 15 is 0 Å². The fourth-order valence-electron chi connectivity index (χ4n) is 3.09. The van der Waals surface area contributed by atoms with Gasteiger partial charge in [-0.05, 0) is 48.4 Å². The zero-order chi connectivity index (χ0) is 17.3. The Labute approximate surface area is 150 Å². The van der Waals surface area contributed by atoms with Gasteiger partial charge in [0, 0.05) is 12.0 Å². The van der Waals surface area contributed by atoms with Crippen LogP contribution in [-0.2, 0) is 12.8 Å². The molecule has 0 unspecified atom stereocenters. The van der Waals surface area contributed by atoms with Crippen LogP contribution in [0.5, 0.6) is 0 Å². The van der Waals surface area contributed by atoms with Crippen LogP contribution in [0.1, 0.15) is 11.5 Å². The first-order chi connectivity index (χ1) is 12.8. The number of aryl methyl sites for hydroxylation is 2. The Bertz CT molecular complexity index is 1120. The first-order valence-corrected chi connectivity index (χ1v) is 8.64. The van der Waals surface area contributed by atoms with Gasteiger partial charge in [0.2, 0.25) is 5.89 Å². The van der Waals surface area contributed by atoms with Crippen molar-refractivity contribution in [2.75, 3.05) is 0 Å². The van der Waals surface area contributed by atoms with Crippen molar-refractivity contribution in [3.05, 3.63) is 84.3 Å². The minimum atomic E-state index is 0.650. The van der Waals surface area contributed by atoms with Crippen molar-refractivity contribution in [1.82, 2.24) is 9.97 Å². The molecule has 0 atom stereocenters. The summed E-state index contributed by atoms with van der Waals surface area (Å²) in [4.78, 5) is 9.06. The number of hydrogen-bond acceptors (Lipinski definition) is 4. The lowest BCUT2D eigenvalue weighted by Crippen LogP contribution is -1.91. The Hall–Kier alpha value is -3.40. The molecule has 5 aromatic rings. The lowest BCUT2D eigenvalue weighted by Gasteiger charge is -2.00. The van der Waals surface area contributed by atoms with Gasteiger partial charge in [0.25, 0.3) is 0 Å². The summed E-state index contributed by atoms with van der Waals surface area (Å²) in [5.74, 6) is 1.42. The number of rotatable bonds is 4. The van der Waals surface area contributed by atoms with Crippen LogP contribution in [0.15, 0.2) is 81.6 Å². The van der Waals surface area contributed by atoms with Crippen molar-refractivity contribution in [3.8, 4) is 11.5 Å². The number of para-hydroxylation sites is 4. The predicted octanol–water partition coefficient (Wildman–Crippen LogP) is 5.42. The molecule has 0 amide bonds.